The first-order chi connectivity index (χ1) is 9.88. The summed E-state index contributed by atoms with van der Waals surface area (Å²) in [5.74, 6) is -2.49. The third kappa shape index (κ3) is 3.36. The highest BCUT2D eigenvalue weighted by atomic mass is 16.6. The number of nitro groups is 1. The predicted molar refractivity (Wildman–Crippen MR) is 74.7 cm³/mol. The number of hydrogen-bond acceptors (Lipinski definition) is 4. The van der Waals surface area contributed by atoms with Crippen molar-refractivity contribution in [2.45, 2.75) is 19.8 Å². The molecule has 1 fully saturated rings. The van der Waals surface area contributed by atoms with Crippen LogP contribution in [0.15, 0.2) is 24.3 Å². The molecule has 7 heteroatoms. The molecular formula is C14H16N2O5. The van der Waals surface area contributed by atoms with Crippen LogP contribution in [0.3, 0.4) is 0 Å². The molecule has 0 saturated heterocycles. The van der Waals surface area contributed by atoms with E-state index in [-0.39, 0.29) is 11.6 Å². The molecular weight excluding hydrogens is 276 g/mol. The summed E-state index contributed by atoms with van der Waals surface area (Å²) in [6, 6.07) is 5.60. The number of aliphatic carboxylic acids is 1. The quantitative estimate of drug-likeness (QED) is 0.653. The highest BCUT2D eigenvalue weighted by molar-refractivity contribution is 5.95. The summed E-state index contributed by atoms with van der Waals surface area (Å²) in [7, 11) is 0. The molecule has 1 amide bonds. The molecule has 21 heavy (non-hydrogen) atoms. The fourth-order valence-electron chi connectivity index (χ4n) is 2.79. The number of carbonyl (C=O) groups excluding carboxylic acids is 1. The molecule has 7 nitrogen and oxygen atoms in total. The number of amides is 1. The zero-order valence-corrected chi connectivity index (χ0v) is 11.5. The van der Waals surface area contributed by atoms with Crippen molar-refractivity contribution in [3.8, 4) is 0 Å². The van der Waals surface area contributed by atoms with E-state index in [1.165, 1.54) is 18.2 Å². The van der Waals surface area contributed by atoms with Crippen molar-refractivity contribution < 1.29 is 19.6 Å². The van der Waals surface area contributed by atoms with Gasteiger partial charge in [-0.2, -0.15) is 0 Å². The molecule has 0 aromatic heterocycles. The lowest BCUT2D eigenvalue weighted by Crippen LogP contribution is -2.29. The Kier molecular flexibility index (Phi) is 4.21. The summed E-state index contributed by atoms with van der Waals surface area (Å²) in [5.41, 5.74) is 0.181. The third-order valence-corrected chi connectivity index (χ3v) is 3.78. The maximum atomic E-state index is 12.2. The smallest absolute Gasteiger partial charge is 0.307 e. The van der Waals surface area contributed by atoms with E-state index in [2.05, 4.69) is 5.32 Å². The average molecular weight is 292 g/mol. The molecule has 1 aromatic rings. The lowest BCUT2D eigenvalue weighted by atomic mass is 9.95. The first-order valence-electron chi connectivity index (χ1n) is 6.66. The van der Waals surface area contributed by atoms with E-state index in [0.29, 0.717) is 18.5 Å². The van der Waals surface area contributed by atoms with Gasteiger partial charge >= 0.3 is 5.97 Å². The zero-order valence-electron chi connectivity index (χ0n) is 11.5. The van der Waals surface area contributed by atoms with E-state index < -0.39 is 28.6 Å². The Morgan fingerprint density at radius 1 is 1.33 bits per heavy atom. The number of carboxylic acids is 1. The molecule has 0 heterocycles. The fraction of sp³-hybridized carbons (Fsp3) is 0.429. The highest BCUT2D eigenvalue weighted by Gasteiger charge is 2.41. The highest BCUT2D eigenvalue weighted by Crippen LogP contribution is 2.37. The molecule has 2 N–H and O–H groups in total. The van der Waals surface area contributed by atoms with Gasteiger partial charge in [0.1, 0.15) is 0 Å². The summed E-state index contributed by atoms with van der Waals surface area (Å²) >= 11 is 0. The number of nitrogens with zero attached hydrogens (tertiary/aromatic N) is 1. The van der Waals surface area contributed by atoms with E-state index in [1.54, 1.807) is 6.07 Å². The van der Waals surface area contributed by atoms with E-state index in [1.807, 2.05) is 6.92 Å². The second kappa shape index (κ2) is 5.90. The molecule has 1 aliphatic rings. The van der Waals surface area contributed by atoms with Crippen LogP contribution in [0.2, 0.25) is 0 Å². The lowest BCUT2D eigenvalue weighted by Gasteiger charge is -2.15. The van der Waals surface area contributed by atoms with Crippen molar-refractivity contribution in [3.05, 3.63) is 34.4 Å². The standard InChI is InChI=1S/C14H16N2O5/c1-8-5-11(12(6-8)14(18)19)13(17)15-9-3-2-4-10(7-9)16(20)21/h2-4,7-8,11-12H,5-6H2,1H3,(H,15,17)(H,18,19)/t8?,11-,12+/m0/s1. The molecule has 0 bridgehead atoms. The molecule has 2 rings (SSSR count). The van der Waals surface area contributed by atoms with Gasteiger partial charge < -0.3 is 10.4 Å². The largest absolute Gasteiger partial charge is 0.481 e. The normalized spacial score (nSPS) is 24.5. The van der Waals surface area contributed by atoms with Crippen LogP contribution in [0.1, 0.15) is 19.8 Å². The van der Waals surface area contributed by atoms with Crippen molar-refractivity contribution in [3.63, 3.8) is 0 Å². The van der Waals surface area contributed by atoms with Gasteiger partial charge in [0.25, 0.3) is 5.69 Å². The van der Waals surface area contributed by atoms with Crippen LogP contribution >= 0.6 is 0 Å². The maximum absolute atomic E-state index is 12.2. The van der Waals surface area contributed by atoms with Gasteiger partial charge in [0.15, 0.2) is 0 Å². The predicted octanol–water partition coefficient (Wildman–Crippen LogP) is 2.28. The van der Waals surface area contributed by atoms with Crippen LogP contribution in [-0.4, -0.2) is 21.9 Å². The number of rotatable bonds is 4. The molecule has 0 radical (unpaired) electrons. The number of nitrogens with one attached hydrogen (secondary N) is 1. The molecule has 112 valence electrons. The minimum Gasteiger partial charge on any atom is -0.481 e. The van der Waals surface area contributed by atoms with Crippen LogP contribution in [0.5, 0.6) is 0 Å². The number of anilines is 1. The van der Waals surface area contributed by atoms with Crippen LogP contribution < -0.4 is 5.32 Å². The molecule has 1 aromatic carbocycles. The molecule has 1 saturated carbocycles. The topological polar surface area (TPSA) is 110 Å². The van der Waals surface area contributed by atoms with Gasteiger partial charge in [-0.1, -0.05) is 13.0 Å². The minimum absolute atomic E-state index is 0.123. The lowest BCUT2D eigenvalue weighted by molar-refractivity contribution is -0.384. The van der Waals surface area contributed by atoms with E-state index in [4.69, 9.17) is 5.11 Å². The second-order valence-electron chi connectivity index (χ2n) is 5.42. The maximum Gasteiger partial charge on any atom is 0.307 e. The van der Waals surface area contributed by atoms with Crippen molar-refractivity contribution in [2.24, 2.45) is 17.8 Å². The van der Waals surface area contributed by atoms with Crippen molar-refractivity contribution in [1.29, 1.82) is 0 Å². The summed E-state index contributed by atoms with van der Waals surface area (Å²) in [5, 5.41) is 22.4. The van der Waals surface area contributed by atoms with Gasteiger partial charge in [-0.05, 0) is 24.8 Å². The van der Waals surface area contributed by atoms with Crippen molar-refractivity contribution in [2.75, 3.05) is 5.32 Å². The Morgan fingerprint density at radius 3 is 2.62 bits per heavy atom. The summed E-state index contributed by atoms with van der Waals surface area (Å²) in [6.45, 7) is 1.91. The van der Waals surface area contributed by atoms with Crippen molar-refractivity contribution in [1.82, 2.24) is 0 Å². The Hall–Kier alpha value is -2.44. The summed E-state index contributed by atoms with van der Waals surface area (Å²) in [6.07, 6.45) is 0.986. The Bertz CT molecular complexity index is 586. The summed E-state index contributed by atoms with van der Waals surface area (Å²) < 4.78 is 0. The number of hydrogen-bond donors (Lipinski definition) is 2. The monoisotopic (exact) mass is 292 g/mol. The number of carbonyl (C=O) groups is 2. The molecule has 0 spiro atoms. The van der Waals surface area contributed by atoms with E-state index in [9.17, 15) is 19.7 Å². The molecule has 3 atom stereocenters. The average Bonchev–Trinajstić information content (AvgIpc) is 2.81. The van der Waals surface area contributed by atoms with E-state index in [0.717, 1.165) is 0 Å². The number of nitro benzene ring substituents is 1. The van der Waals surface area contributed by atoms with Crippen LogP contribution in [0.4, 0.5) is 11.4 Å². The SMILES string of the molecule is CC1C[C@H](C(=O)Nc2cccc([N+](=O)[O-])c2)[C@H](C(=O)O)C1. The van der Waals surface area contributed by atoms with Gasteiger partial charge in [0.2, 0.25) is 5.91 Å². The van der Waals surface area contributed by atoms with Gasteiger partial charge in [0, 0.05) is 17.8 Å². The fourth-order valence-corrected chi connectivity index (χ4v) is 2.79. The first-order valence-corrected chi connectivity index (χ1v) is 6.66. The third-order valence-electron chi connectivity index (χ3n) is 3.78. The van der Waals surface area contributed by atoms with Gasteiger partial charge in [0.05, 0.1) is 16.8 Å². The number of carboxylic acid groups (broad SMARTS) is 1. The Labute approximate surface area is 121 Å². The number of benzene rings is 1. The Balaban J connectivity index is 2.12. The summed E-state index contributed by atoms with van der Waals surface area (Å²) in [4.78, 5) is 33.5. The Morgan fingerprint density at radius 2 is 2.00 bits per heavy atom. The van der Waals surface area contributed by atoms with Gasteiger partial charge in [-0.15, -0.1) is 0 Å². The molecule has 1 aliphatic carbocycles. The van der Waals surface area contributed by atoms with Gasteiger partial charge in [-0.3, -0.25) is 19.7 Å². The second-order valence-corrected chi connectivity index (χ2v) is 5.42. The van der Waals surface area contributed by atoms with E-state index >= 15 is 0 Å². The van der Waals surface area contributed by atoms with Crippen LogP contribution in [0.25, 0.3) is 0 Å². The number of non-ortho nitro benzene ring substituents is 1. The van der Waals surface area contributed by atoms with Crippen LogP contribution in [-0.2, 0) is 9.59 Å². The van der Waals surface area contributed by atoms with Gasteiger partial charge in [-0.25, -0.2) is 0 Å². The zero-order chi connectivity index (χ0) is 15.6. The van der Waals surface area contributed by atoms with Crippen LogP contribution in [0, 0.1) is 27.9 Å². The minimum atomic E-state index is -0.974. The first kappa shape index (κ1) is 15.0. The van der Waals surface area contributed by atoms with Crippen molar-refractivity contribution >= 4 is 23.3 Å². The molecule has 1 unspecified atom stereocenters. The molecule has 0 aliphatic heterocycles.